The Morgan fingerprint density at radius 3 is 2.47 bits per heavy atom. The van der Waals surface area contributed by atoms with Gasteiger partial charge in [0, 0.05) is 25.6 Å². The van der Waals surface area contributed by atoms with Crippen LogP contribution < -0.4 is 5.73 Å². The molecule has 164 valence electrons. The van der Waals surface area contributed by atoms with Gasteiger partial charge < -0.3 is 10.3 Å². The molecule has 2 aromatic rings. The average Bonchev–Trinajstić information content (AvgIpc) is 3.10. The van der Waals surface area contributed by atoms with Crippen molar-refractivity contribution in [1.82, 2.24) is 18.8 Å². The van der Waals surface area contributed by atoms with Gasteiger partial charge in [-0.3, -0.25) is 9.69 Å². The Hall–Kier alpha value is -1.97. The molecule has 1 amide bonds. The molecule has 0 spiro atoms. The van der Waals surface area contributed by atoms with Gasteiger partial charge in [0.15, 0.2) is 0 Å². The molecule has 0 atom stereocenters. The van der Waals surface area contributed by atoms with Gasteiger partial charge in [0.2, 0.25) is 15.9 Å². The van der Waals surface area contributed by atoms with Crippen LogP contribution in [0.2, 0.25) is 0 Å². The van der Waals surface area contributed by atoms with Crippen molar-refractivity contribution in [3.05, 3.63) is 24.0 Å². The van der Waals surface area contributed by atoms with E-state index in [1.807, 2.05) is 6.07 Å². The SMILES string of the molecule is CCn1c(CN2CCC(C(N)=O)CC2)nc2cc(S(=O)(=O)N3CCCCC3)ccc21. The van der Waals surface area contributed by atoms with Gasteiger partial charge in [0.1, 0.15) is 5.82 Å². The first kappa shape index (κ1) is 21.3. The zero-order valence-corrected chi connectivity index (χ0v) is 18.4. The van der Waals surface area contributed by atoms with E-state index in [-0.39, 0.29) is 11.8 Å². The van der Waals surface area contributed by atoms with Gasteiger partial charge in [0.05, 0.1) is 22.5 Å². The topological polar surface area (TPSA) is 102 Å². The summed E-state index contributed by atoms with van der Waals surface area (Å²) in [6, 6.07) is 5.31. The fraction of sp³-hybridized carbons (Fsp3) is 0.619. The highest BCUT2D eigenvalue weighted by Crippen LogP contribution is 2.26. The van der Waals surface area contributed by atoms with Crippen LogP contribution in [0.25, 0.3) is 11.0 Å². The molecule has 3 heterocycles. The highest BCUT2D eigenvalue weighted by molar-refractivity contribution is 7.89. The van der Waals surface area contributed by atoms with Crippen molar-refractivity contribution in [2.75, 3.05) is 26.2 Å². The number of hydrogen-bond donors (Lipinski definition) is 1. The first-order valence-corrected chi connectivity index (χ1v) is 12.3. The van der Waals surface area contributed by atoms with Crippen LogP contribution in [0.15, 0.2) is 23.1 Å². The molecule has 1 aromatic heterocycles. The Morgan fingerprint density at radius 1 is 1.13 bits per heavy atom. The molecule has 0 saturated carbocycles. The number of benzene rings is 1. The summed E-state index contributed by atoms with van der Waals surface area (Å²) in [7, 11) is -3.48. The van der Waals surface area contributed by atoms with Crippen LogP contribution in [0.5, 0.6) is 0 Å². The Morgan fingerprint density at radius 2 is 1.83 bits per heavy atom. The lowest BCUT2D eigenvalue weighted by Crippen LogP contribution is -2.38. The summed E-state index contributed by atoms with van der Waals surface area (Å²) in [6.07, 6.45) is 4.48. The van der Waals surface area contributed by atoms with Gasteiger partial charge in [-0.15, -0.1) is 0 Å². The van der Waals surface area contributed by atoms with Gasteiger partial charge in [0.25, 0.3) is 0 Å². The maximum atomic E-state index is 13.0. The number of aromatic nitrogens is 2. The Balaban J connectivity index is 1.57. The maximum absolute atomic E-state index is 13.0. The fourth-order valence-electron chi connectivity index (χ4n) is 4.62. The van der Waals surface area contributed by atoms with E-state index in [1.165, 1.54) is 0 Å². The highest BCUT2D eigenvalue weighted by Gasteiger charge is 2.27. The van der Waals surface area contributed by atoms with Crippen molar-refractivity contribution in [1.29, 1.82) is 0 Å². The van der Waals surface area contributed by atoms with Crippen molar-refractivity contribution in [3.63, 3.8) is 0 Å². The van der Waals surface area contributed by atoms with E-state index in [1.54, 1.807) is 16.4 Å². The van der Waals surface area contributed by atoms with Gasteiger partial charge in [-0.25, -0.2) is 13.4 Å². The number of aryl methyl sites for hydroxylation is 1. The molecule has 1 aromatic carbocycles. The standard InChI is InChI=1S/C21H31N5O3S/c1-2-26-19-7-6-17(30(28,29)25-10-4-3-5-11-25)14-18(19)23-20(26)15-24-12-8-16(9-13-24)21(22)27/h6-7,14,16H,2-5,8-13,15H2,1H3,(H2,22,27). The molecule has 2 fully saturated rings. The summed E-state index contributed by atoms with van der Waals surface area (Å²) >= 11 is 0. The third kappa shape index (κ3) is 4.10. The lowest BCUT2D eigenvalue weighted by molar-refractivity contribution is -0.123. The van der Waals surface area contributed by atoms with E-state index in [9.17, 15) is 13.2 Å². The van der Waals surface area contributed by atoms with E-state index >= 15 is 0 Å². The molecular formula is C21H31N5O3S. The number of imidazole rings is 1. The number of hydrogen-bond acceptors (Lipinski definition) is 5. The number of sulfonamides is 1. The zero-order chi connectivity index (χ0) is 21.3. The van der Waals surface area contributed by atoms with E-state index in [4.69, 9.17) is 10.7 Å². The predicted octanol–water partition coefficient (Wildman–Crippen LogP) is 1.93. The van der Waals surface area contributed by atoms with E-state index in [0.29, 0.717) is 24.5 Å². The predicted molar refractivity (Wildman–Crippen MR) is 115 cm³/mol. The quantitative estimate of drug-likeness (QED) is 0.750. The van der Waals surface area contributed by atoms with Crippen LogP contribution in [-0.4, -0.2) is 59.3 Å². The van der Waals surface area contributed by atoms with Crippen molar-refractivity contribution in [2.24, 2.45) is 11.7 Å². The lowest BCUT2D eigenvalue weighted by Gasteiger charge is -2.30. The molecule has 30 heavy (non-hydrogen) atoms. The molecule has 0 aliphatic carbocycles. The van der Waals surface area contributed by atoms with Gasteiger partial charge in [-0.2, -0.15) is 4.31 Å². The average molecular weight is 434 g/mol. The second-order valence-electron chi connectivity index (χ2n) is 8.34. The maximum Gasteiger partial charge on any atom is 0.243 e. The summed E-state index contributed by atoms with van der Waals surface area (Å²) in [5, 5.41) is 0. The Bertz CT molecular complexity index is 1020. The molecule has 2 saturated heterocycles. The molecule has 2 N–H and O–H groups in total. The first-order valence-electron chi connectivity index (χ1n) is 10.9. The molecule has 9 heteroatoms. The summed E-state index contributed by atoms with van der Waals surface area (Å²) < 4.78 is 29.8. The number of nitrogens with zero attached hydrogens (tertiary/aromatic N) is 4. The molecule has 0 radical (unpaired) electrons. The zero-order valence-electron chi connectivity index (χ0n) is 17.6. The van der Waals surface area contributed by atoms with E-state index < -0.39 is 10.0 Å². The second kappa shape index (κ2) is 8.64. The van der Waals surface area contributed by atoms with Crippen molar-refractivity contribution >= 4 is 27.0 Å². The molecule has 2 aliphatic rings. The van der Waals surface area contributed by atoms with Crippen LogP contribution in [0.1, 0.15) is 44.9 Å². The first-order chi connectivity index (χ1) is 14.4. The minimum Gasteiger partial charge on any atom is -0.369 e. The Labute approximate surface area is 178 Å². The lowest BCUT2D eigenvalue weighted by atomic mass is 9.96. The monoisotopic (exact) mass is 433 g/mol. The molecule has 4 rings (SSSR count). The van der Waals surface area contributed by atoms with Crippen LogP contribution in [0.3, 0.4) is 0 Å². The number of carbonyl (C=O) groups is 1. The van der Waals surface area contributed by atoms with Crippen LogP contribution in [0, 0.1) is 5.92 Å². The Kier molecular flexibility index (Phi) is 6.13. The number of nitrogens with two attached hydrogens (primary N) is 1. The molecule has 2 aliphatic heterocycles. The molecular weight excluding hydrogens is 402 g/mol. The summed E-state index contributed by atoms with van der Waals surface area (Å²) in [5.74, 6) is 0.684. The minimum absolute atomic E-state index is 0.0335. The number of rotatable bonds is 6. The fourth-order valence-corrected chi connectivity index (χ4v) is 6.16. The van der Waals surface area contributed by atoms with Crippen LogP contribution in [0.4, 0.5) is 0 Å². The molecule has 0 bridgehead atoms. The van der Waals surface area contributed by atoms with Gasteiger partial charge in [-0.05, 0) is 63.9 Å². The number of likely N-dealkylation sites (tertiary alicyclic amines) is 1. The van der Waals surface area contributed by atoms with Crippen molar-refractivity contribution in [2.45, 2.75) is 57.0 Å². The van der Waals surface area contributed by atoms with Crippen molar-refractivity contribution in [3.8, 4) is 0 Å². The van der Waals surface area contributed by atoms with Crippen LogP contribution >= 0.6 is 0 Å². The normalized spacial score (nSPS) is 20.0. The summed E-state index contributed by atoms with van der Waals surface area (Å²) in [5.41, 5.74) is 7.11. The number of fused-ring (bicyclic) bond motifs is 1. The number of carbonyl (C=O) groups excluding carboxylic acids is 1. The van der Waals surface area contributed by atoms with E-state index in [0.717, 1.165) is 68.6 Å². The second-order valence-corrected chi connectivity index (χ2v) is 10.3. The van der Waals surface area contributed by atoms with E-state index in [2.05, 4.69) is 16.4 Å². The molecule has 8 nitrogen and oxygen atoms in total. The number of amides is 1. The van der Waals surface area contributed by atoms with Crippen LogP contribution in [-0.2, 0) is 27.9 Å². The summed E-state index contributed by atoms with van der Waals surface area (Å²) in [6.45, 7) is 6.34. The van der Waals surface area contributed by atoms with Gasteiger partial charge >= 0.3 is 0 Å². The molecule has 0 unspecified atom stereocenters. The third-order valence-electron chi connectivity index (χ3n) is 6.42. The smallest absolute Gasteiger partial charge is 0.243 e. The third-order valence-corrected chi connectivity index (χ3v) is 8.32. The highest BCUT2D eigenvalue weighted by atomic mass is 32.2. The largest absolute Gasteiger partial charge is 0.369 e. The minimum atomic E-state index is -3.48. The number of piperidine rings is 2. The van der Waals surface area contributed by atoms with Crippen molar-refractivity contribution < 1.29 is 13.2 Å². The van der Waals surface area contributed by atoms with Gasteiger partial charge in [-0.1, -0.05) is 6.42 Å². The summed E-state index contributed by atoms with van der Waals surface area (Å²) in [4.78, 5) is 18.8. The number of primary amides is 1.